The van der Waals surface area contributed by atoms with Crippen LogP contribution in [0.1, 0.15) is 16.7 Å². The Kier molecular flexibility index (Phi) is 4.93. The molecule has 0 saturated carbocycles. The minimum Gasteiger partial charge on any atom is -0.490 e. The number of methoxy groups -OCH3 is 1. The van der Waals surface area contributed by atoms with Crippen molar-refractivity contribution in [2.75, 3.05) is 7.11 Å². The number of nitro groups is 1. The number of pyridine rings is 1. The number of fused-ring (bicyclic) bond motifs is 1. The number of carbonyl (C=O) groups excluding carboxylic acids is 1. The number of aliphatic imine (C=N–C) groups is 1. The molecule has 0 unspecified atom stereocenters. The van der Waals surface area contributed by atoms with E-state index in [-0.39, 0.29) is 33.7 Å². The van der Waals surface area contributed by atoms with E-state index in [2.05, 4.69) is 9.98 Å². The molecule has 1 aromatic heterocycles. The number of hydrogen-bond donors (Lipinski definition) is 0. The van der Waals surface area contributed by atoms with Gasteiger partial charge >= 0.3 is 11.7 Å². The number of cyclic esters (lactones) is 1. The SMILES string of the molecule is COc1ccc(C2=NC(=Cc3cc4cc(C)ccc4nc3Cl)C(=O)O2)cc1[N+](=O)[O-]. The summed E-state index contributed by atoms with van der Waals surface area (Å²) in [5.41, 5.74) is 2.33. The molecule has 150 valence electrons. The van der Waals surface area contributed by atoms with Gasteiger partial charge in [-0.3, -0.25) is 10.1 Å². The fourth-order valence-electron chi connectivity index (χ4n) is 3.04. The quantitative estimate of drug-likeness (QED) is 0.202. The Labute approximate surface area is 175 Å². The second-order valence-electron chi connectivity index (χ2n) is 6.54. The maximum absolute atomic E-state index is 12.3. The number of benzene rings is 2. The summed E-state index contributed by atoms with van der Waals surface area (Å²) in [5, 5.41) is 12.3. The van der Waals surface area contributed by atoms with E-state index in [4.69, 9.17) is 21.1 Å². The van der Waals surface area contributed by atoms with E-state index in [0.717, 1.165) is 16.5 Å². The first-order chi connectivity index (χ1) is 14.4. The van der Waals surface area contributed by atoms with Crippen LogP contribution in [0.4, 0.5) is 5.69 Å². The zero-order chi connectivity index (χ0) is 21.4. The minimum absolute atomic E-state index is 0.0131. The molecule has 3 aromatic rings. The van der Waals surface area contributed by atoms with Crippen LogP contribution in [0.5, 0.6) is 5.75 Å². The molecule has 0 amide bonds. The van der Waals surface area contributed by atoms with Crippen molar-refractivity contribution in [3.63, 3.8) is 0 Å². The minimum atomic E-state index is -0.691. The lowest BCUT2D eigenvalue weighted by Gasteiger charge is -2.03. The molecule has 4 rings (SSSR count). The maximum Gasteiger partial charge on any atom is 0.363 e. The molecular weight excluding hydrogens is 410 g/mol. The molecule has 1 aliphatic heterocycles. The summed E-state index contributed by atoms with van der Waals surface area (Å²) in [6, 6.07) is 11.7. The summed E-state index contributed by atoms with van der Waals surface area (Å²) >= 11 is 6.27. The molecule has 0 fully saturated rings. The zero-order valence-corrected chi connectivity index (χ0v) is 16.6. The molecular formula is C21H14ClN3O5. The number of aryl methyl sites for hydroxylation is 1. The van der Waals surface area contributed by atoms with E-state index in [9.17, 15) is 14.9 Å². The van der Waals surface area contributed by atoms with Crippen LogP contribution in [0.15, 0.2) is 53.2 Å². The Morgan fingerprint density at radius 1 is 1.20 bits per heavy atom. The van der Waals surface area contributed by atoms with Gasteiger partial charge < -0.3 is 9.47 Å². The van der Waals surface area contributed by atoms with Gasteiger partial charge in [-0.15, -0.1) is 0 Å². The number of halogens is 1. The van der Waals surface area contributed by atoms with Gasteiger partial charge in [0.2, 0.25) is 5.90 Å². The average molecular weight is 424 g/mol. The smallest absolute Gasteiger partial charge is 0.363 e. The van der Waals surface area contributed by atoms with Crippen molar-refractivity contribution in [2.24, 2.45) is 4.99 Å². The Bertz CT molecular complexity index is 1280. The number of esters is 1. The first-order valence-electron chi connectivity index (χ1n) is 8.78. The summed E-state index contributed by atoms with van der Waals surface area (Å²) in [6.07, 6.45) is 1.48. The normalized spacial score (nSPS) is 14.7. The molecule has 0 aliphatic carbocycles. The van der Waals surface area contributed by atoms with Crippen molar-refractivity contribution in [1.29, 1.82) is 0 Å². The summed E-state index contributed by atoms with van der Waals surface area (Å²) in [4.78, 5) is 31.5. The van der Waals surface area contributed by atoms with Crippen LogP contribution in [0, 0.1) is 17.0 Å². The highest BCUT2D eigenvalue weighted by molar-refractivity contribution is 6.31. The van der Waals surface area contributed by atoms with Gasteiger partial charge in [0, 0.05) is 22.6 Å². The predicted octanol–water partition coefficient (Wildman–Crippen LogP) is 4.46. The van der Waals surface area contributed by atoms with E-state index >= 15 is 0 Å². The molecule has 0 N–H and O–H groups in total. The Morgan fingerprint density at radius 2 is 2.00 bits per heavy atom. The molecule has 30 heavy (non-hydrogen) atoms. The van der Waals surface area contributed by atoms with Crippen LogP contribution in [0.25, 0.3) is 17.0 Å². The van der Waals surface area contributed by atoms with E-state index in [0.29, 0.717) is 5.56 Å². The molecule has 1 aliphatic rings. The maximum atomic E-state index is 12.3. The van der Waals surface area contributed by atoms with Crippen LogP contribution in [0.3, 0.4) is 0 Å². The van der Waals surface area contributed by atoms with Gasteiger partial charge in [-0.05, 0) is 43.3 Å². The van der Waals surface area contributed by atoms with Crippen molar-refractivity contribution >= 4 is 46.1 Å². The molecule has 0 atom stereocenters. The lowest BCUT2D eigenvalue weighted by atomic mass is 10.1. The van der Waals surface area contributed by atoms with Crippen molar-refractivity contribution < 1.29 is 19.2 Å². The van der Waals surface area contributed by atoms with Crippen LogP contribution in [-0.4, -0.2) is 28.9 Å². The van der Waals surface area contributed by atoms with Crippen LogP contribution < -0.4 is 4.74 Å². The summed E-state index contributed by atoms with van der Waals surface area (Å²) in [7, 11) is 1.33. The first-order valence-corrected chi connectivity index (χ1v) is 9.16. The summed E-state index contributed by atoms with van der Waals surface area (Å²) < 4.78 is 10.2. The number of hydrogen-bond acceptors (Lipinski definition) is 7. The van der Waals surface area contributed by atoms with Gasteiger partial charge in [0.15, 0.2) is 11.4 Å². The standard InChI is InChI=1S/C21H14ClN3O5/c1-11-3-5-15-13(7-11)8-14(19(22)23-15)9-16-21(26)30-20(24-16)12-4-6-18(29-2)17(10-12)25(27)28/h3-10H,1-2H3. The van der Waals surface area contributed by atoms with Gasteiger partial charge in [0.25, 0.3) is 0 Å². The van der Waals surface area contributed by atoms with Gasteiger partial charge in [0.05, 0.1) is 17.5 Å². The zero-order valence-electron chi connectivity index (χ0n) is 15.9. The molecule has 0 radical (unpaired) electrons. The summed E-state index contributed by atoms with van der Waals surface area (Å²) in [6.45, 7) is 1.96. The third kappa shape index (κ3) is 3.60. The molecule has 0 bridgehead atoms. The number of aromatic nitrogens is 1. The number of nitro benzene ring substituents is 1. The van der Waals surface area contributed by atoms with Gasteiger partial charge in [-0.2, -0.15) is 0 Å². The van der Waals surface area contributed by atoms with Crippen LogP contribution in [-0.2, 0) is 9.53 Å². The highest BCUT2D eigenvalue weighted by Crippen LogP contribution is 2.30. The average Bonchev–Trinajstić information content (AvgIpc) is 3.08. The Hall–Kier alpha value is -3.78. The number of rotatable bonds is 4. The number of ether oxygens (including phenoxy) is 2. The highest BCUT2D eigenvalue weighted by Gasteiger charge is 2.27. The summed E-state index contributed by atoms with van der Waals surface area (Å²) in [5.74, 6) is -0.643. The van der Waals surface area contributed by atoms with E-state index in [1.807, 2.05) is 31.2 Å². The van der Waals surface area contributed by atoms with E-state index in [1.54, 1.807) is 0 Å². The fourth-order valence-corrected chi connectivity index (χ4v) is 3.24. The second-order valence-corrected chi connectivity index (χ2v) is 6.90. The lowest BCUT2D eigenvalue weighted by molar-refractivity contribution is -0.385. The van der Waals surface area contributed by atoms with Crippen molar-refractivity contribution in [3.05, 3.63) is 80.1 Å². The number of carbonyl (C=O) groups is 1. The van der Waals surface area contributed by atoms with E-state index in [1.165, 1.54) is 31.4 Å². The molecule has 2 heterocycles. The largest absolute Gasteiger partial charge is 0.490 e. The van der Waals surface area contributed by atoms with E-state index < -0.39 is 10.9 Å². The van der Waals surface area contributed by atoms with Gasteiger partial charge in [-0.25, -0.2) is 14.8 Å². The highest BCUT2D eigenvalue weighted by atomic mass is 35.5. The molecule has 0 spiro atoms. The van der Waals surface area contributed by atoms with Crippen molar-refractivity contribution in [2.45, 2.75) is 6.92 Å². The fraction of sp³-hybridized carbons (Fsp3) is 0.0952. The van der Waals surface area contributed by atoms with Crippen LogP contribution in [0.2, 0.25) is 5.15 Å². The Morgan fingerprint density at radius 3 is 2.73 bits per heavy atom. The lowest BCUT2D eigenvalue weighted by Crippen LogP contribution is -2.06. The third-order valence-corrected chi connectivity index (χ3v) is 4.79. The molecule has 0 saturated heterocycles. The van der Waals surface area contributed by atoms with Gasteiger partial charge in [-0.1, -0.05) is 23.2 Å². The molecule has 9 heteroatoms. The molecule has 2 aromatic carbocycles. The van der Waals surface area contributed by atoms with Gasteiger partial charge in [0.1, 0.15) is 5.15 Å². The van der Waals surface area contributed by atoms with Crippen LogP contribution >= 0.6 is 11.6 Å². The third-order valence-electron chi connectivity index (χ3n) is 4.49. The Balaban J connectivity index is 1.75. The topological polar surface area (TPSA) is 104 Å². The van der Waals surface area contributed by atoms with Crippen molar-refractivity contribution in [1.82, 2.24) is 4.98 Å². The number of nitrogens with zero attached hydrogens (tertiary/aromatic N) is 3. The predicted molar refractivity (Wildman–Crippen MR) is 112 cm³/mol. The van der Waals surface area contributed by atoms with Crippen molar-refractivity contribution in [3.8, 4) is 5.75 Å². The monoisotopic (exact) mass is 423 g/mol. The first kappa shape index (κ1) is 19.5. The molecule has 8 nitrogen and oxygen atoms in total. The second kappa shape index (κ2) is 7.57.